The normalized spacial score (nSPS) is 17.1. The van der Waals surface area contributed by atoms with Crippen LogP contribution in [0, 0.1) is 6.92 Å². The van der Waals surface area contributed by atoms with Gasteiger partial charge in [0.15, 0.2) is 0 Å². The summed E-state index contributed by atoms with van der Waals surface area (Å²) in [5, 5.41) is 2.09. The number of hydrogen-bond donors (Lipinski definition) is 2. The Morgan fingerprint density at radius 1 is 1.56 bits per heavy atom. The van der Waals surface area contributed by atoms with Crippen LogP contribution in [0.3, 0.4) is 0 Å². The van der Waals surface area contributed by atoms with E-state index in [2.05, 4.69) is 37.6 Å². The smallest absolute Gasteiger partial charge is 0.0866 e. The largest absolute Gasteiger partial charge is 0.374 e. The van der Waals surface area contributed by atoms with Gasteiger partial charge in [-0.05, 0) is 44.2 Å². The second-order valence-corrected chi connectivity index (χ2v) is 5.11. The highest BCUT2D eigenvalue weighted by molar-refractivity contribution is 7.10. The Labute approximate surface area is 102 Å². The van der Waals surface area contributed by atoms with Crippen molar-refractivity contribution < 1.29 is 4.74 Å². The molecule has 0 amide bonds. The van der Waals surface area contributed by atoms with E-state index in [0.29, 0.717) is 6.61 Å². The molecule has 0 aliphatic heterocycles. The van der Waals surface area contributed by atoms with Crippen molar-refractivity contribution in [2.45, 2.75) is 45.8 Å². The first-order valence-electron chi connectivity index (χ1n) is 5.73. The third kappa shape index (κ3) is 2.63. The molecule has 4 heteroatoms. The summed E-state index contributed by atoms with van der Waals surface area (Å²) >= 11 is 1.73. The zero-order valence-corrected chi connectivity index (χ0v) is 11.4. The van der Waals surface area contributed by atoms with Crippen molar-refractivity contribution in [3.05, 3.63) is 21.9 Å². The highest BCUT2D eigenvalue weighted by Crippen LogP contribution is 2.35. The molecule has 2 unspecified atom stereocenters. The predicted octanol–water partition coefficient (Wildman–Crippen LogP) is 2.77. The van der Waals surface area contributed by atoms with Gasteiger partial charge in [0.05, 0.1) is 11.6 Å². The molecule has 1 aromatic rings. The van der Waals surface area contributed by atoms with E-state index in [1.54, 1.807) is 11.3 Å². The monoisotopic (exact) mass is 242 g/mol. The molecule has 1 aromatic heterocycles. The molecule has 0 radical (unpaired) electrons. The summed E-state index contributed by atoms with van der Waals surface area (Å²) in [5.74, 6) is 5.70. The third-order valence-electron chi connectivity index (χ3n) is 3.12. The first-order chi connectivity index (χ1) is 7.59. The fourth-order valence-corrected chi connectivity index (χ4v) is 3.05. The Balaban J connectivity index is 3.00. The molecule has 1 rings (SSSR count). The van der Waals surface area contributed by atoms with E-state index in [1.165, 1.54) is 10.4 Å². The zero-order valence-electron chi connectivity index (χ0n) is 10.5. The van der Waals surface area contributed by atoms with Crippen molar-refractivity contribution in [2.75, 3.05) is 6.61 Å². The lowest BCUT2D eigenvalue weighted by Crippen LogP contribution is -2.46. The molecule has 1 heterocycles. The van der Waals surface area contributed by atoms with Gasteiger partial charge in [0, 0.05) is 11.5 Å². The molecule has 16 heavy (non-hydrogen) atoms. The van der Waals surface area contributed by atoms with E-state index < -0.39 is 0 Å². The van der Waals surface area contributed by atoms with E-state index >= 15 is 0 Å². The fraction of sp³-hybridized carbons (Fsp3) is 0.667. The van der Waals surface area contributed by atoms with Crippen LogP contribution >= 0.6 is 11.3 Å². The van der Waals surface area contributed by atoms with E-state index in [9.17, 15) is 0 Å². The molecule has 3 nitrogen and oxygen atoms in total. The van der Waals surface area contributed by atoms with E-state index in [4.69, 9.17) is 10.6 Å². The first kappa shape index (κ1) is 13.6. The van der Waals surface area contributed by atoms with Crippen molar-refractivity contribution >= 4 is 11.3 Å². The third-order valence-corrected chi connectivity index (χ3v) is 4.20. The number of thiophene rings is 1. The second kappa shape index (κ2) is 5.77. The number of nitrogens with one attached hydrogen (secondary N) is 1. The molecule has 3 N–H and O–H groups in total. The highest BCUT2D eigenvalue weighted by atomic mass is 32.1. The van der Waals surface area contributed by atoms with Crippen molar-refractivity contribution in [1.82, 2.24) is 5.43 Å². The summed E-state index contributed by atoms with van der Waals surface area (Å²) < 4.78 is 5.87. The SMILES string of the molecule is CCOC(C)(CC)C(NN)c1sccc1C. The Hall–Kier alpha value is -0.420. The fourth-order valence-electron chi connectivity index (χ4n) is 1.93. The summed E-state index contributed by atoms with van der Waals surface area (Å²) in [6, 6.07) is 2.17. The Morgan fingerprint density at radius 2 is 2.25 bits per heavy atom. The lowest BCUT2D eigenvalue weighted by atomic mass is 9.91. The zero-order chi connectivity index (χ0) is 12.2. The minimum Gasteiger partial charge on any atom is -0.374 e. The molecule has 92 valence electrons. The molecule has 0 saturated heterocycles. The van der Waals surface area contributed by atoms with E-state index in [-0.39, 0.29) is 11.6 Å². The van der Waals surface area contributed by atoms with Crippen LogP contribution < -0.4 is 11.3 Å². The van der Waals surface area contributed by atoms with E-state index in [0.717, 1.165) is 6.42 Å². The van der Waals surface area contributed by atoms with Crippen LogP contribution in [0.1, 0.15) is 43.7 Å². The number of rotatable bonds is 6. The van der Waals surface area contributed by atoms with Crippen molar-refractivity contribution in [1.29, 1.82) is 0 Å². The Bertz CT molecular complexity index is 327. The molecule has 0 bridgehead atoms. The summed E-state index contributed by atoms with van der Waals surface area (Å²) in [6.07, 6.45) is 0.924. The van der Waals surface area contributed by atoms with Crippen molar-refractivity contribution in [3.63, 3.8) is 0 Å². The Morgan fingerprint density at radius 3 is 2.62 bits per heavy atom. The van der Waals surface area contributed by atoms with Gasteiger partial charge in [-0.25, -0.2) is 5.43 Å². The van der Waals surface area contributed by atoms with Crippen LogP contribution in [0.15, 0.2) is 11.4 Å². The highest BCUT2D eigenvalue weighted by Gasteiger charge is 2.35. The number of hydrazine groups is 1. The average Bonchev–Trinajstić information content (AvgIpc) is 2.66. The summed E-state index contributed by atoms with van der Waals surface area (Å²) in [6.45, 7) is 9.07. The summed E-state index contributed by atoms with van der Waals surface area (Å²) in [4.78, 5) is 1.26. The van der Waals surface area contributed by atoms with Gasteiger partial charge >= 0.3 is 0 Å². The van der Waals surface area contributed by atoms with Gasteiger partial charge in [-0.3, -0.25) is 5.84 Å². The number of aryl methyl sites for hydroxylation is 1. The van der Waals surface area contributed by atoms with Gasteiger partial charge in [-0.2, -0.15) is 0 Å². The van der Waals surface area contributed by atoms with Gasteiger partial charge in [0.2, 0.25) is 0 Å². The molecule has 0 aliphatic carbocycles. The minimum atomic E-state index is -0.251. The number of hydrogen-bond acceptors (Lipinski definition) is 4. The van der Waals surface area contributed by atoms with Crippen molar-refractivity contribution in [2.24, 2.45) is 5.84 Å². The molecule has 2 atom stereocenters. The maximum atomic E-state index is 5.87. The number of nitrogens with two attached hydrogens (primary N) is 1. The second-order valence-electron chi connectivity index (χ2n) is 4.17. The maximum absolute atomic E-state index is 5.87. The van der Waals surface area contributed by atoms with Gasteiger partial charge in [0.1, 0.15) is 0 Å². The van der Waals surface area contributed by atoms with Crippen molar-refractivity contribution in [3.8, 4) is 0 Å². The van der Waals surface area contributed by atoms with Crippen LogP contribution in [0.25, 0.3) is 0 Å². The van der Waals surface area contributed by atoms with Crippen LogP contribution in [0.5, 0.6) is 0 Å². The Kier molecular flexibility index (Phi) is 4.92. The van der Waals surface area contributed by atoms with Gasteiger partial charge in [0.25, 0.3) is 0 Å². The quantitative estimate of drug-likeness (QED) is 0.595. The summed E-state index contributed by atoms with van der Waals surface area (Å²) in [7, 11) is 0. The standard InChI is InChI=1S/C12H22N2OS/c1-5-12(4,15-6-2)11(14-13)10-9(3)7-8-16-10/h7-8,11,14H,5-6,13H2,1-4H3. The first-order valence-corrected chi connectivity index (χ1v) is 6.61. The van der Waals surface area contributed by atoms with Crippen LogP contribution in [0.2, 0.25) is 0 Å². The van der Waals surface area contributed by atoms with Crippen LogP contribution in [0.4, 0.5) is 0 Å². The lowest BCUT2D eigenvalue weighted by molar-refractivity contribution is -0.0557. The topological polar surface area (TPSA) is 47.3 Å². The number of ether oxygens (including phenoxy) is 1. The maximum Gasteiger partial charge on any atom is 0.0866 e. The van der Waals surface area contributed by atoms with E-state index in [1.807, 2.05) is 6.92 Å². The molecular formula is C12H22N2OS. The van der Waals surface area contributed by atoms with Crippen LogP contribution in [-0.4, -0.2) is 12.2 Å². The summed E-state index contributed by atoms with van der Waals surface area (Å²) in [5.41, 5.74) is 3.93. The molecule has 0 spiro atoms. The molecule has 0 saturated carbocycles. The molecular weight excluding hydrogens is 220 g/mol. The predicted molar refractivity (Wildman–Crippen MR) is 69.4 cm³/mol. The lowest BCUT2D eigenvalue weighted by Gasteiger charge is -2.36. The minimum absolute atomic E-state index is 0.0532. The molecule has 0 aromatic carbocycles. The average molecular weight is 242 g/mol. The van der Waals surface area contributed by atoms with Gasteiger partial charge in [-0.15, -0.1) is 11.3 Å². The molecule has 0 aliphatic rings. The van der Waals surface area contributed by atoms with Gasteiger partial charge in [-0.1, -0.05) is 6.92 Å². The van der Waals surface area contributed by atoms with Gasteiger partial charge < -0.3 is 4.74 Å². The van der Waals surface area contributed by atoms with Crippen LogP contribution in [-0.2, 0) is 4.74 Å². The molecule has 0 fully saturated rings.